The van der Waals surface area contributed by atoms with Gasteiger partial charge in [-0.05, 0) is 65.9 Å². The number of aryl methyl sites for hydroxylation is 1. The number of benzene rings is 4. The molecule has 6 heteroatoms. The van der Waals surface area contributed by atoms with Crippen molar-refractivity contribution in [3.8, 4) is 23.7 Å². The van der Waals surface area contributed by atoms with Crippen molar-refractivity contribution in [2.75, 3.05) is 0 Å². The van der Waals surface area contributed by atoms with E-state index in [0.717, 1.165) is 18.6 Å². The van der Waals surface area contributed by atoms with E-state index < -0.39 is 40.5 Å². The Labute approximate surface area is 198 Å². The summed E-state index contributed by atoms with van der Waals surface area (Å²) in [5.41, 5.74) is 0.703. The molecule has 0 radical (unpaired) electrons. The molecular weight excluding hydrogens is 462 g/mol. The molecule has 0 aliphatic rings. The van der Waals surface area contributed by atoms with Crippen LogP contribution in [-0.2, 0) is 6.42 Å². The Balaban J connectivity index is 1.59. The van der Waals surface area contributed by atoms with Crippen molar-refractivity contribution < 1.29 is 26.3 Å². The molecule has 4 aromatic rings. The number of halogens is 6. The largest absolute Gasteiger partial charge is 0.206 e. The number of hydrogen-bond acceptors (Lipinski definition) is 0. The lowest BCUT2D eigenvalue weighted by Gasteiger charge is -2.03. The highest BCUT2D eigenvalue weighted by atomic mass is 19.2. The monoisotopic (exact) mass is 478 g/mol. The topological polar surface area (TPSA) is 0 Å². The van der Waals surface area contributed by atoms with Gasteiger partial charge in [0, 0.05) is 16.5 Å². The summed E-state index contributed by atoms with van der Waals surface area (Å²) < 4.78 is 83.6. The van der Waals surface area contributed by atoms with Crippen molar-refractivity contribution in [2.45, 2.75) is 19.8 Å². The molecule has 0 amide bonds. The van der Waals surface area contributed by atoms with Crippen molar-refractivity contribution in [1.29, 1.82) is 0 Å². The molecular formula is C29H16F6. The lowest BCUT2D eigenvalue weighted by atomic mass is 10.0. The second-order valence-corrected chi connectivity index (χ2v) is 7.80. The highest BCUT2D eigenvalue weighted by molar-refractivity contribution is 5.84. The molecule has 174 valence electrons. The van der Waals surface area contributed by atoms with Crippen LogP contribution < -0.4 is 0 Å². The molecule has 4 rings (SSSR count). The smallest absolute Gasteiger partial charge is 0.195 e. The van der Waals surface area contributed by atoms with Gasteiger partial charge in [0.1, 0.15) is 17.5 Å². The summed E-state index contributed by atoms with van der Waals surface area (Å²) >= 11 is 0. The quantitative estimate of drug-likeness (QED) is 0.160. The first kappa shape index (κ1) is 24.0. The average Bonchev–Trinajstić information content (AvgIpc) is 2.81. The van der Waals surface area contributed by atoms with Crippen molar-refractivity contribution in [2.24, 2.45) is 0 Å². The van der Waals surface area contributed by atoms with Crippen LogP contribution >= 0.6 is 0 Å². The molecule has 0 atom stereocenters. The molecule has 0 N–H and O–H groups in total. The van der Waals surface area contributed by atoms with Crippen LogP contribution in [0.25, 0.3) is 10.8 Å². The summed E-state index contributed by atoms with van der Waals surface area (Å²) in [4.78, 5) is 0. The van der Waals surface area contributed by atoms with Crippen LogP contribution in [0.1, 0.15) is 41.2 Å². The van der Waals surface area contributed by atoms with E-state index in [1.54, 1.807) is 0 Å². The third-order valence-corrected chi connectivity index (χ3v) is 5.26. The van der Waals surface area contributed by atoms with Crippen LogP contribution in [0.2, 0.25) is 0 Å². The Bertz CT molecular complexity index is 1560. The van der Waals surface area contributed by atoms with E-state index in [2.05, 4.69) is 23.7 Å². The summed E-state index contributed by atoms with van der Waals surface area (Å²) in [5, 5.41) is 0.0120. The normalized spacial score (nSPS) is 10.5. The van der Waals surface area contributed by atoms with Crippen LogP contribution in [0.3, 0.4) is 0 Å². The molecule has 0 aromatic heterocycles. The van der Waals surface area contributed by atoms with Gasteiger partial charge in [0.05, 0.1) is 11.1 Å². The van der Waals surface area contributed by atoms with Gasteiger partial charge in [-0.15, -0.1) is 0 Å². The Hall–Kier alpha value is -4.16. The standard InChI is InChI=1S/C29H16F6/c1-2-3-19-14-25(31)23(26(32)15-19)11-7-18-5-9-20(24(30)13-18)8-4-17-6-10-22-21(12-17)16-27(33)29(35)28(22)34/h5-6,9-10,12-16H,2-3H2,1H3. The van der Waals surface area contributed by atoms with Gasteiger partial charge in [-0.2, -0.15) is 0 Å². The minimum absolute atomic E-state index is 0.0217. The molecule has 0 fully saturated rings. The molecule has 0 heterocycles. The van der Waals surface area contributed by atoms with Gasteiger partial charge in [0.25, 0.3) is 0 Å². The molecule has 0 aliphatic carbocycles. The Morgan fingerprint density at radius 2 is 1.26 bits per heavy atom. The number of hydrogen-bond donors (Lipinski definition) is 0. The van der Waals surface area contributed by atoms with Crippen molar-refractivity contribution in [1.82, 2.24) is 0 Å². The first-order valence-electron chi connectivity index (χ1n) is 10.7. The van der Waals surface area contributed by atoms with Gasteiger partial charge < -0.3 is 0 Å². The molecule has 0 aliphatic heterocycles. The first-order chi connectivity index (χ1) is 16.8. The molecule has 0 saturated carbocycles. The van der Waals surface area contributed by atoms with Crippen molar-refractivity contribution in [3.63, 3.8) is 0 Å². The minimum atomic E-state index is -1.56. The fourth-order valence-electron chi connectivity index (χ4n) is 3.53. The zero-order valence-electron chi connectivity index (χ0n) is 18.4. The zero-order chi connectivity index (χ0) is 25.1. The van der Waals surface area contributed by atoms with E-state index in [0.29, 0.717) is 17.5 Å². The van der Waals surface area contributed by atoms with Crippen LogP contribution in [-0.4, -0.2) is 0 Å². The SMILES string of the molecule is CCCc1cc(F)c(C#Cc2ccc(C#Cc3ccc4c(F)c(F)c(F)cc4c3)c(F)c2)c(F)c1. The summed E-state index contributed by atoms with van der Waals surface area (Å²) in [7, 11) is 0. The van der Waals surface area contributed by atoms with Gasteiger partial charge in [-0.3, -0.25) is 0 Å². The highest BCUT2D eigenvalue weighted by Gasteiger charge is 2.13. The third kappa shape index (κ3) is 5.18. The Morgan fingerprint density at radius 3 is 1.94 bits per heavy atom. The zero-order valence-corrected chi connectivity index (χ0v) is 18.4. The molecule has 0 spiro atoms. The number of rotatable bonds is 2. The van der Waals surface area contributed by atoms with E-state index in [1.165, 1.54) is 42.5 Å². The maximum absolute atomic E-state index is 14.5. The van der Waals surface area contributed by atoms with E-state index in [1.807, 2.05) is 6.92 Å². The van der Waals surface area contributed by atoms with E-state index >= 15 is 0 Å². The lowest BCUT2D eigenvalue weighted by Crippen LogP contribution is -1.95. The van der Waals surface area contributed by atoms with E-state index in [9.17, 15) is 26.3 Å². The molecule has 4 aromatic carbocycles. The number of fused-ring (bicyclic) bond motifs is 1. The maximum atomic E-state index is 14.5. The third-order valence-electron chi connectivity index (χ3n) is 5.26. The maximum Gasteiger partial charge on any atom is 0.195 e. The van der Waals surface area contributed by atoms with Crippen LogP contribution in [0, 0.1) is 58.6 Å². The van der Waals surface area contributed by atoms with Crippen molar-refractivity contribution >= 4 is 10.8 Å². The predicted octanol–water partition coefficient (Wildman–Crippen LogP) is 7.43. The fraction of sp³-hybridized carbons (Fsp3) is 0.103. The Kier molecular flexibility index (Phi) is 6.85. The van der Waals surface area contributed by atoms with Crippen LogP contribution in [0.5, 0.6) is 0 Å². The van der Waals surface area contributed by atoms with E-state index in [-0.39, 0.29) is 21.9 Å². The minimum Gasteiger partial charge on any atom is -0.206 e. The lowest BCUT2D eigenvalue weighted by molar-refractivity contribution is 0.453. The first-order valence-corrected chi connectivity index (χ1v) is 10.7. The molecule has 0 saturated heterocycles. The van der Waals surface area contributed by atoms with Gasteiger partial charge in [0.2, 0.25) is 0 Å². The van der Waals surface area contributed by atoms with E-state index in [4.69, 9.17) is 0 Å². The van der Waals surface area contributed by atoms with Gasteiger partial charge in [-0.25, -0.2) is 26.3 Å². The summed E-state index contributed by atoms with van der Waals surface area (Å²) in [6.45, 7) is 1.90. The molecule has 35 heavy (non-hydrogen) atoms. The van der Waals surface area contributed by atoms with Gasteiger partial charge in [-0.1, -0.05) is 43.1 Å². The van der Waals surface area contributed by atoms with Crippen LogP contribution in [0.15, 0.2) is 54.6 Å². The summed E-state index contributed by atoms with van der Waals surface area (Å²) in [6, 6.07) is 11.3. The second kappa shape index (κ2) is 9.99. The highest BCUT2D eigenvalue weighted by Crippen LogP contribution is 2.24. The molecule has 0 bridgehead atoms. The average molecular weight is 478 g/mol. The van der Waals surface area contributed by atoms with Crippen LogP contribution in [0.4, 0.5) is 26.3 Å². The predicted molar refractivity (Wildman–Crippen MR) is 123 cm³/mol. The second-order valence-electron chi connectivity index (χ2n) is 7.80. The van der Waals surface area contributed by atoms with Crippen molar-refractivity contribution in [3.05, 3.63) is 117 Å². The molecule has 0 nitrogen and oxygen atoms in total. The van der Waals surface area contributed by atoms with Gasteiger partial charge in [0.15, 0.2) is 17.5 Å². The summed E-state index contributed by atoms with van der Waals surface area (Å²) in [6.07, 6.45) is 1.29. The fourth-order valence-corrected chi connectivity index (χ4v) is 3.53. The van der Waals surface area contributed by atoms with Gasteiger partial charge >= 0.3 is 0 Å². The Morgan fingerprint density at radius 1 is 0.600 bits per heavy atom. The molecule has 0 unspecified atom stereocenters. The summed E-state index contributed by atoms with van der Waals surface area (Å²) in [5.74, 6) is 3.85.